The first-order valence-corrected chi connectivity index (χ1v) is 11.6. The predicted molar refractivity (Wildman–Crippen MR) is 131 cm³/mol. The molecular formula is C26H29FN4O3. The number of rotatable bonds is 8. The Bertz CT molecular complexity index is 1190. The fourth-order valence-corrected chi connectivity index (χ4v) is 4.19. The number of fused-ring (bicyclic) bond motifs is 1. The molecule has 0 saturated carbocycles. The van der Waals surface area contributed by atoms with Gasteiger partial charge < -0.3 is 15.3 Å². The number of piperazine rings is 1. The van der Waals surface area contributed by atoms with Gasteiger partial charge in [-0.1, -0.05) is 31.5 Å². The molecule has 0 atom stereocenters. The summed E-state index contributed by atoms with van der Waals surface area (Å²) in [6.45, 7) is 5.33. The quantitative estimate of drug-likeness (QED) is 0.510. The van der Waals surface area contributed by atoms with Gasteiger partial charge in [0.05, 0.1) is 11.1 Å². The third-order valence-electron chi connectivity index (χ3n) is 6.11. The van der Waals surface area contributed by atoms with E-state index in [1.807, 2.05) is 13.0 Å². The van der Waals surface area contributed by atoms with Crippen LogP contribution in [0.25, 0.3) is 10.9 Å². The summed E-state index contributed by atoms with van der Waals surface area (Å²) >= 11 is 0. The maximum absolute atomic E-state index is 14.0. The Morgan fingerprint density at radius 1 is 1.09 bits per heavy atom. The van der Waals surface area contributed by atoms with E-state index >= 15 is 0 Å². The molecule has 0 unspecified atom stereocenters. The monoisotopic (exact) mass is 464 g/mol. The van der Waals surface area contributed by atoms with Gasteiger partial charge in [-0.2, -0.15) is 0 Å². The Labute approximate surface area is 198 Å². The van der Waals surface area contributed by atoms with E-state index < -0.39 is 5.97 Å². The molecule has 2 N–H and O–H groups in total. The lowest BCUT2D eigenvalue weighted by Gasteiger charge is -2.35. The summed E-state index contributed by atoms with van der Waals surface area (Å²) in [7, 11) is 0. The van der Waals surface area contributed by atoms with E-state index in [1.54, 1.807) is 36.4 Å². The first-order chi connectivity index (χ1) is 16.4. The Hall–Kier alpha value is -3.52. The number of amides is 1. The van der Waals surface area contributed by atoms with Gasteiger partial charge in [0.15, 0.2) is 0 Å². The number of hydrogen-bond donors (Lipinski definition) is 2. The molecule has 2 heterocycles. The number of carbonyl (C=O) groups is 2. The molecular weight excluding hydrogens is 435 g/mol. The van der Waals surface area contributed by atoms with Gasteiger partial charge in [-0.25, -0.2) is 14.2 Å². The summed E-state index contributed by atoms with van der Waals surface area (Å²) in [5, 5.41) is 13.2. The van der Waals surface area contributed by atoms with Gasteiger partial charge in [0.2, 0.25) is 5.91 Å². The number of unbranched alkanes of at least 4 members (excludes halogenated alkanes) is 1. The molecule has 178 valence electrons. The van der Waals surface area contributed by atoms with Gasteiger partial charge in [0.1, 0.15) is 11.6 Å². The van der Waals surface area contributed by atoms with E-state index in [1.165, 1.54) is 6.07 Å². The second-order valence-corrected chi connectivity index (χ2v) is 8.57. The molecule has 1 fully saturated rings. The molecule has 7 nitrogen and oxygen atoms in total. The van der Waals surface area contributed by atoms with Crippen molar-refractivity contribution in [1.29, 1.82) is 0 Å². The molecule has 0 spiro atoms. The van der Waals surface area contributed by atoms with Crippen molar-refractivity contribution in [2.75, 3.05) is 36.4 Å². The molecule has 4 rings (SSSR count). The van der Waals surface area contributed by atoms with Crippen LogP contribution in [-0.4, -0.2) is 53.0 Å². The molecule has 1 aliphatic rings. The standard InChI is InChI=1S/C26H29FN4O3/c1-2-3-8-25(32)28-19-9-10-23-20(15-19)21(26(33)34)16-24(29-23)31-13-11-30(12-14-31)17-18-6-4-5-7-22(18)27/h4-7,9-10,15-16H,2-3,8,11-14,17H2,1H3,(H,28,32)(H,33,34). The highest BCUT2D eigenvalue weighted by molar-refractivity contribution is 6.05. The van der Waals surface area contributed by atoms with Crippen molar-refractivity contribution < 1.29 is 19.1 Å². The Morgan fingerprint density at radius 2 is 1.85 bits per heavy atom. The molecule has 1 aliphatic heterocycles. The van der Waals surface area contributed by atoms with Crippen LogP contribution in [0.5, 0.6) is 0 Å². The van der Waals surface area contributed by atoms with Crippen LogP contribution in [0.4, 0.5) is 15.9 Å². The van der Waals surface area contributed by atoms with E-state index in [0.29, 0.717) is 54.0 Å². The van der Waals surface area contributed by atoms with Crippen molar-refractivity contribution in [3.05, 3.63) is 65.5 Å². The summed E-state index contributed by atoms with van der Waals surface area (Å²) in [4.78, 5) is 33.1. The second kappa shape index (κ2) is 10.6. The predicted octanol–water partition coefficient (Wildman–Crippen LogP) is 4.52. The van der Waals surface area contributed by atoms with Crippen LogP contribution < -0.4 is 10.2 Å². The molecule has 3 aromatic rings. The van der Waals surface area contributed by atoms with E-state index in [4.69, 9.17) is 4.98 Å². The Balaban J connectivity index is 1.50. The van der Waals surface area contributed by atoms with Crippen LogP contribution in [0.15, 0.2) is 48.5 Å². The number of anilines is 2. The van der Waals surface area contributed by atoms with Gasteiger partial charge in [-0.05, 0) is 36.8 Å². The number of carboxylic acids is 1. The first kappa shape index (κ1) is 23.6. The number of carboxylic acid groups (broad SMARTS) is 1. The van der Waals surface area contributed by atoms with E-state index in [9.17, 15) is 19.1 Å². The zero-order valence-corrected chi connectivity index (χ0v) is 19.3. The average molecular weight is 465 g/mol. The largest absolute Gasteiger partial charge is 0.478 e. The highest BCUT2D eigenvalue weighted by Gasteiger charge is 2.21. The van der Waals surface area contributed by atoms with E-state index in [2.05, 4.69) is 15.1 Å². The summed E-state index contributed by atoms with van der Waals surface area (Å²) in [6, 6.07) is 13.6. The summed E-state index contributed by atoms with van der Waals surface area (Å²) in [5.74, 6) is -0.722. The molecule has 8 heteroatoms. The normalized spacial score (nSPS) is 14.4. The summed E-state index contributed by atoms with van der Waals surface area (Å²) < 4.78 is 14.0. The minimum atomic E-state index is -1.04. The Kier molecular flexibility index (Phi) is 7.37. The fourth-order valence-electron chi connectivity index (χ4n) is 4.19. The molecule has 0 bridgehead atoms. The lowest BCUT2D eigenvalue weighted by Crippen LogP contribution is -2.46. The lowest BCUT2D eigenvalue weighted by atomic mass is 10.1. The first-order valence-electron chi connectivity index (χ1n) is 11.6. The number of nitrogens with zero attached hydrogens (tertiary/aromatic N) is 3. The van der Waals surface area contributed by atoms with Gasteiger partial charge in [-0.3, -0.25) is 9.69 Å². The smallest absolute Gasteiger partial charge is 0.336 e. The van der Waals surface area contributed by atoms with Crippen LogP contribution in [-0.2, 0) is 11.3 Å². The zero-order chi connectivity index (χ0) is 24.1. The van der Waals surface area contributed by atoms with Gasteiger partial charge in [-0.15, -0.1) is 0 Å². The molecule has 1 amide bonds. The number of benzene rings is 2. The van der Waals surface area contributed by atoms with Crippen LogP contribution in [0, 0.1) is 5.82 Å². The maximum Gasteiger partial charge on any atom is 0.336 e. The minimum Gasteiger partial charge on any atom is -0.478 e. The molecule has 1 saturated heterocycles. The highest BCUT2D eigenvalue weighted by Crippen LogP contribution is 2.27. The SMILES string of the molecule is CCCCC(=O)Nc1ccc2nc(N3CCN(Cc4ccccc4F)CC3)cc(C(=O)O)c2c1. The van der Waals surface area contributed by atoms with Crippen LogP contribution in [0.3, 0.4) is 0 Å². The van der Waals surface area contributed by atoms with E-state index in [0.717, 1.165) is 25.9 Å². The third-order valence-corrected chi connectivity index (χ3v) is 6.11. The average Bonchev–Trinajstić information content (AvgIpc) is 2.84. The number of nitrogens with one attached hydrogen (secondary N) is 1. The van der Waals surface area contributed by atoms with Crippen molar-refractivity contribution in [1.82, 2.24) is 9.88 Å². The third kappa shape index (κ3) is 5.51. The van der Waals surface area contributed by atoms with Gasteiger partial charge in [0, 0.05) is 55.8 Å². The number of pyridine rings is 1. The summed E-state index contributed by atoms with van der Waals surface area (Å²) in [5.41, 5.74) is 1.95. The number of hydrogen-bond acceptors (Lipinski definition) is 5. The van der Waals surface area contributed by atoms with Crippen LogP contribution in [0.2, 0.25) is 0 Å². The second-order valence-electron chi connectivity index (χ2n) is 8.57. The Morgan fingerprint density at radius 3 is 2.56 bits per heavy atom. The van der Waals surface area contributed by atoms with Gasteiger partial charge in [0.25, 0.3) is 0 Å². The van der Waals surface area contributed by atoms with Crippen LogP contribution in [0.1, 0.15) is 42.1 Å². The number of aromatic nitrogens is 1. The van der Waals surface area contributed by atoms with Crippen molar-refractivity contribution in [3.63, 3.8) is 0 Å². The number of aromatic carboxylic acids is 1. The van der Waals surface area contributed by atoms with Crippen molar-refractivity contribution in [2.24, 2.45) is 0 Å². The number of carbonyl (C=O) groups excluding carboxylic acids is 1. The molecule has 0 radical (unpaired) electrons. The molecule has 2 aromatic carbocycles. The zero-order valence-electron chi connectivity index (χ0n) is 19.3. The van der Waals surface area contributed by atoms with Gasteiger partial charge >= 0.3 is 5.97 Å². The minimum absolute atomic E-state index is 0.0871. The van der Waals surface area contributed by atoms with Crippen molar-refractivity contribution >= 4 is 34.3 Å². The fraction of sp³-hybridized carbons (Fsp3) is 0.346. The van der Waals surface area contributed by atoms with Crippen molar-refractivity contribution in [3.8, 4) is 0 Å². The lowest BCUT2D eigenvalue weighted by molar-refractivity contribution is -0.116. The summed E-state index contributed by atoms with van der Waals surface area (Å²) in [6.07, 6.45) is 2.16. The van der Waals surface area contributed by atoms with Crippen LogP contribution >= 0.6 is 0 Å². The number of halogens is 1. The van der Waals surface area contributed by atoms with E-state index in [-0.39, 0.29) is 17.3 Å². The van der Waals surface area contributed by atoms with Crippen molar-refractivity contribution in [2.45, 2.75) is 32.7 Å². The topological polar surface area (TPSA) is 85.8 Å². The molecule has 0 aliphatic carbocycles. The maximum atomic E-state index is 14.0. The molecule has 34 heavy (non-hydrogen) atoms. The highest BCUT2D eigenvalue weighted by atomic mass is 19.1. The molecule has 1 aromatic heterocycles.